The second kappa shape index (κ2) is 7.63. The third-order valence-electron chi connectivity index (χ3n) is 7.77. The van der Waals surface area contributed by atoms with Crippen LogP contribution in [0.1, 0.15) is 28.8 Å². The van der Waals surface area contributed by atoms with Crippen molar-refractivity contribution in [3.05, 3.63) is 29.3 Å². The molecule has 6 rings (SSSR count). The molecule has 5 aliphatic rings. The predicted molar refractivity (Wildman–Crippen MR) is 125 cm³/mol. The highest BCUT2D eigenvalue weighted by molar-refractivity contribution is 6.06. The lowest BCUT2D eigenvalue weighted by Gasteiger charge is -2.51. The van der Waals surface area contributed by atoms with E-state index in [0.29, 0.717) is 11.3 Å². The van der Waals surface area contributed by atoms with Crippen molar-refractivity contribution in [3.63, 3.8) is 0 Å². The van der Waals surface area contributed by atoms with Crippen LogP contribution in [-0.2, 0) is 20.8 Å². The highest BCUT2D eigenvalue weighted by Crippen LogP contribution is 2.43. The van der Waals surface area contributed by atoms with Gasteiger partial charge in [-0.1, -0.05) is 6.07 Å². The van der Waals surface area contributed by atoms with Crippen LogP contribution in [0, 0.1) is 10.8 Å². The van der Waals surface area contributed by atoms with Gasteiger partial charge >= 0.3 is 0 Å². The third-order valence-corrected chi connectivity index (χ3v) is 7.77. The van der Waals surface area contributed by atoms with Crippen molar-refractivity contribution in [1.29, 1.82) is 10.8 Å². The van der Waals surface area contributed by atoms with E-state index in [0.717, 1.165) is 4.90 Å². The molecule has 0 bridgehead atoms. The summed E-state index contributed by atoms with van der Waals surface area (Å²) < 4.78 is 0. The van der Waals surface area contributed by atoms with Gasteiger partial charge in [-0.25, -0.2) is 0 Å². The molecule has 1 aromatic carbocycles. The first-order valence-electron chi connectivity index (χ1n) is 11.8. The van der Waals surface area contributed by atoms with Crippen LogP contribution in [-0.4, -0.2) is 98.2 Å². The molecule has 3 unspecified atom stereocenters. The van der Waals surface area contributed by atoms with Gasteiger partial charge in [0.2, 0.25) is 23.5 Å². The quantitative estimate of drug-likeness (QED) is 0.143. The minimum absolute atomic E-state index is 0.0119. The Morgan fingerprint density at radius 2 is 1.86 bits per heavy atom. The molecule has 37 heavy (non-hydrogen) atoms. The van der Waals surface area contributed by atoms with Crippen molar-refractivity contribution in [2.24, 2.45) is 0 Å². The van der Waals surface area contributed by atoms with Crippen LogP contribution >= 0.6 is 0 Å². The van der Waals surface area contributed by atoms with Gasteiger partial charge in [0.1, 0.15) is 6.04 Å². The molecular formula is C22H25N9O6. The van der Waals surface area contributed by atoms with E-state index in [2.05, 4.69) is 26.6 Å². The monoisotopic (exact) mass is 511 g/mol. The Bertz CT molecular complexity index is 1280. The molecule has 1 aromatic rings. The van der Waals surface area contributed by atoms with Crippen LogP contribution in [0.2, 0.25) is 0 Å². The summed E-state index contributed by atoms with van der Waals surface area (Å²) in [6.07, 6.45) is 0.168. The molecule has 4 atom stereocenters. The number of guanidine groups is 2. The van der Waals surface area contributed by atoms with Gasteiger partial charge in [-0.05, 0) is 17.7 Å². The van der Waals surface area contributed by atoms with Gasteiger partial charge in [-0.15, -0.1) is 0 Å². The highest BCUT2D eigenvalue weighted by atomic mass is 16.5. The number of hydrogen-bond donors (Lipinski definition) is 9. The molecule has 5 aliphatic heterocycles. The van der Waals surface area contributed by atoms with Crippen LogP contribution in [0.15, 0.2) is 18.2 Å². The molecule has 4 amide bonds. The molecule has 9 N–H and O–H groups in total. The van der Waals surface area contributed by atoms with E-state index in [4.69, 9.17) is 10.8 Å². The van der Waals surface area contributed by atoms with E-state index in [-0.39, 0.29) is 67.6 Å². The SMILES string of the molecule is N=C1NC2[C@@H](CN3C(=O)CCC3=O)NC(=N)N3CC(NC(=O)c4cccc5c4CC(=O)N5)C(O)(O)C23N1. The number of rotatable bonds is 4. The second-order valence-electron chi connectivity index (χ2n) is 9.81. The molecule has 0 radical (unpaired) electrons. The Hall–Kier alpha value is -4.24. The van der Waals surface area contributed by atoms with Crippen LogP contribution in [0.25, 0.3) is 0 Å². The minimum atomic E-state index is -2.71. The number of nitrogens with one attached hydrogen (secondary N) is 7. The third kappa shape index (κ3) is 3.13. The van der Waals surface area contributed by atoms with Crippen molar-refractivity contribution < 1.29 is 29.4 Å². The van der Waals surface area contributed by atoms with Crippen molar-refractivity contribution in [1.82, 2.24) is 31.1 Å². The maximum absolute atomic E-state index is 13.2. The fourth-order valence-corrected chi connectivity index (χ4v) is 6.05. The van der Waals surface area contributed by atoms with Gasteiger partial charge in [0, 0.05) is 30.6 Å². The van der Waals surface area contributed by atoms with Gasteiger partial charge in [0.25, 0.3) is 5.91 Å². The zero-order valence-electron chi connectivity index (χ0n) is 19.4. The molecule has 0 aromatic heterocycles. The maximum atomic E-state index is 13.2. The Kier molecular flexibility index (Phi) is 4.78. The van der Waals surface area contributed by atoms with Crippen molar-refractivity contribution >= 4 is 41.2 Å². The number of benzene rings is 1. The molecule has 4 fully saturated rings. The summed E-state index contributed by atoms with van der Waals surface area (Å²) >= 11 is 0. The van der Waals surface area contributed by atoms with E-state index in [1.165, 1.54) is 11.0 Å². The first kappa shape index (κ1) is 23.2. The van der Waals surface area contributed by atoms with Gasteiger partial charge in [0.15, 0.2) is 17.6 Å². The molecule has 5 heterocycles. The number of carbonyl (C=O) groups is 4. The summed E-state index contributed by atoms with van der Waals surface area (Å²) in [6, 6.07) is 1.67. The summed E-state index contributed by atoms with van der Waals surface area (Å²) in [6.45, 7) is -0.351. The fourth-order valence-electron chi connectivity index (χ4n) is 6.05. The standard InChI is InChI=1S/C22H25N9O6/c23-19-28-17-12(7-30-15(33)4-5-16(30)34)26-20(24)31-8-13(22(36,37)21(17,31)29-19)27-18(35)9-2-1-3-11-10(9)6-14(32)25-11/h1-3,12-13,17,36-37H,4-8H2,(H2,24,26)(H,25,32)(H,27,35)(H3,23,28,29)/t12-,13?,17?,21?/m1/s1. The number of anilines is 1. The number of hydrogen-bond acceptors (Lipinski definition) is 8. The maximum Gasteiger partial charge on any atom is 0.252 e. The molecule has 0 aliphatic carbocycles. The van der Waals surface area contributed by atoms with E-state index in [1.807, 2.05) is 0 Å². The van der Waals surface area contributed by atoms with Gasteiger partial charge < -0.3 is 41.7 Å². The first-order chi connectivity index (χ1) is 17.5. The van der Waals surface area contributed by atoms with Crippen LogP contribution < -0.4 is 26.6 Å². The average Bonchev–Trinajstić information content (AvgIpc) is 3.54. The smallest absolute Gasteiger partial charge is 0.252 e. The lowest BCUT2D eigenvalue weighted by atomic mass is 9.84. The first-order valence-corrected chi connectivity index (χ1v) is 11.8. The number of carbonyl (C=O) groups excluding carboxylic acids is 4. The zero-order valence-corrected chi connectivity index (χ0v) is 19.4. The Morgan fingerprint density at radius 3 is 2.59 bits per heavy atom. The molecule has 15 nitrogen and oxygen atoms in total. The summed E-state index contributed by atoms with van der Waals surface area (Å²) in [5, 5.41) is 53.6. The minimum Gasteiger partial charge on any atom is -0.361 e. The van der Waals surface area contributed by atoms with Crippen molar-refractivity contribution in [2.75, 3.05) is 18.4 Å². The Morgan fingerprint density at radius 1 is 1.14 bits per heavy atom. The summed E-state index contributed by atoms with van der Waals surface area (Å²) in [5.41, 5.74) is -0.658. The zero-order chi connectivity index (χ0) is 26.3. The largest absolute Gasteiger partial charge is 0.361 e. The summed E-state index contributed by atoms with van der Waals surface area (Å²) in [5.74, 6) is -4.81. The second-order valence-corrected chi connectivity index (χ2v) is 9.81. The van der Waals surface area contributed by atoms with E-state index in [9.17, 15) is 29.4 Å². The number of nitrogens with zero attached hydrogens (tertiary/aromatic N) is 2. The van der Waals surface area contributed by atoms with Gasteiger partial charge in [-0.3, -0.25) is 34.9 Å². The van der Waals surface area contributed by atoms with Crippen LogP contribution in [0.3, 0.4) is 0 Å². The summed E-state index contributed by atoms with van der Waals surface area (Å²) in [7, 11) is 0. The summed E-state index contributed by atoms with van der Waals surface area (Å²) in [4.78, 5) is 51.9. The average molecular weight is 511 g/mol. The highest BCUT2D eigenvalue weighted by Gasteiger charge is 2.74. The van der Waals surface area contributed by atoms with E-state index in [1.54, 1.807) is 12.1 Å². The number of aliphatic hydroxyl groups is 2. The van der Waals surface area contributed by atoms with Gasteiger partial charge in [0.05, 0.1) is 25.0 Å². The normalized spacial score (nSPS) is 31.3. The lowest BCUT2D eigenvalue weighted by molar-refractivity contribution is -0.232. The van der Waals surface area contributed by atoms with Crippen LogP contribution in [0.5, 0.6) is 0 Å². The number of amides is 4. The number of imide groups is 1. The van der Waals surface area contributed by atoms with Crippen molar-refractivity contribution in [2.45, 2.75) is 48.8 Å². The number of fused-ring (bicyclic) bond motifs is 1. The Balaban J connectivity index is 1.31. The fraction of sp³-hybridized carbons (Fsp3) is 0.455. The van der Waals surface area contributed by atoms with E-state index < -0.39 is 35.5 Å². The molecule has 4 saturated heterocycles. The van der Waals surface area contributed by atoms with Crippen LogP contribution in [0.4, 0.5) is 5.69 Å². The number of likely N-dealkylation sites (tertiary alicyclic amines) is 1. The topological polar surface area (TPSA) is 223 Å². The van der Waals surface area contributed by atoms with E-state index >= 15 is 0 Å². The van der Waals surface area contributed by atoms with Crippen molar-refractivity contribution in [3.8, 4) is 0 Å². The Labute approximate surface area is 209 Å². The molecule has 1 spiro atoms. The molecule has 15 heteroatoms. The predicted octanol–water partition coefficient (Wildman–Crippen LogP) is -3.48. The van der Waals surface area contributed by atoms with Gasteiger partial charge in [-0.2, -0.15) is 0 Å². The molecular weight excluding hydrogens is 486 g/mol. The lowest BCUT2D eigenvalue weighted by Crippen LogP contribution is -2.81. The molecule has 194 valence electrons. The molecule has 0 saturated carbocycles.